The lowest BCUT2D eigenvalue weighted by Crippen LogP contribution is -2.06. The van der Waals surface area contributed by atoms with E-state index in [-0.39, 0.29) is 5.88 Å². The van der Waals surface area contributed by atoms with Crippen LogP contribution in [0.1, 0.15) is 11.3 Å². The second kappa shape index (κ2) is 3.27. The van der Waals surface area contributed by atoms with Crippen molar-refractivity contribution >= 4 is 11.8 Å². The highest BCUT2D eigenvalue weighted by molar-refractivity contribution is 5.62. The molecule has 5 nitrogen and oxygen atoms in total. The van der Waals surface area contributed by atoms with Crippen LogP contribution in [0.15, 0.2) is 18.3 Å². The van der Waals surface area contributed by atoms with Gasteiger partial charge in [0, 0.05) is 6.20 Å². The van der Waals surface area contributed by atoms with Crippen LogP contribution in [0, 0.1) is 13.8 Å². The molecule has 0 saturated carbocycles. The summed E-state index contributed by atoms with van der Waals surface area (Å²) in [6.45, 7) is 3.66. The van der Waals surface area contributed by atoms with E-state index in [1.54, 1.807) is 17.5 Å². The quantitative estimate of drug-likeness (QED) is 0.725. The number of hydrogen-bond donors (Lipinski definition) is 1. The van der Waals surface area contributed by atoms with Gasteiger partial charge in [-0.15, -0.1) is 0 Å². The predicted octanol–water partition coefficient (Wildman–Crippen LogP) is 2.01. The van der Waals surface area contributed by atoms with Crippen molar-refractivity contribution in [1.82, 2.24) is 9.38 Å². The molecule has 78 valence electrons. The van der Waals surface area contributed by atoms with Crippen LogP contribution in [0.5, 0.6) is 5.88 Å². The summed E-state index contributed by atoms with van der Waals surface area (Å²) in [6.07, 6.45) is 0.406. The molecule has 0 atom stereocenters. The zero-order chi connectivity index (χ0) is 11.0. The molecule has 0 radical (unpaired) electrons. The van der Waals surface area contributed by atoms with Crippen LogP contribution < -0.4 is 4.74 Å². The topological polar surface area (TPSA) is 63.8 Å². The van der Waals surface area contributed by atoms with Crippen molar-refractivity contribution in [3.8, 4) is 5.88 Å². The molecule has 0 amide bonds. The highest BCUT2D eigenvalue weighted by Crippen LogP contribution is 2.20. The summed E-state index contributed by atoms with van der Waals surface area (Å²) in [6, 6.07) is 3.73. The molecule has 0 saturated heterocycles. The molecule has 0 aliphatic rings. The maximum Gasteiger partial charge on any atom is 0.512 e. The molecule has 0 unspecified atom stereocenters. The normalized spacial score (nSPS) is 10.5. The molecular weight excluding hydrogens is 196 g/mol. The van der Waals surface area contributed by atoms with Crippen LogP contribution in [0.25, 0.3) is 5.65 Å². The van der Waals surface area contributed by atoms with Crippen molar-refractivity contribution < 1.29 is 14.6 Å². The second-order valence-corrected chi connectivity index (χ2v) is 3.30. The third kappa shape index (κ3) is 1.63. The molecule has 0 aliphatic heterocycles. The van der Waals surface area contributed by atoms with E-state index >= 15 is 0 Å². The number of aryl methyl sites for hydroxylation is 2. The Labute approximate surface area is 85.9 Å². The first kappa shape index (κ1) is 9.51. The van der Waals surface area contributed by atoms with Gasteiger partial charge < -0.3 is 9.84 Å². The Kier molecular flexibility index (Phi) is 2.07. The molecule has 15 heavy (non-hydrogen) atoms. The first-order valence-electron chi connectivity index (χ1n) is 4.44. The Bertz CT molecular complexity index is 531. The Hall–Kier alpha value is -2.04. The van der Waals surface area contributed by atoms with E-state index < -0.39 is 6.16 Å². The van der Waals surface area contributed by atoms with E-state index in [4.69, 9.17) is 5.11 Å². The van der Waals surface area contributed by atoms with Crippen molar-refractivity contribution in [2.75, 3.05) is 0 Å². The van der Waals surface area contributed by atoms with Crippen molar-refractivity contribution in [2.24, 2.45) is 0 Å². The van der Waals surface area contributed by atoms with Gasteiger partial charge in [-0.3, -0.25) is 4.40 Å². The third-order valence-electron chi connectivity index (χ3n) is 2.08. The van der Waals surface area contributed by atoms with E-state index in [0.717, 1.165) is 5.56 Å². The SMILES string of the molecule is Cc1ccn2c(OC(=O)O)c(C)nc2c1. The number of aromatic nitrogens is 2. The maximum absolute atomic E-state index is 10.5. The fourth-order valence-electron chi connectivity index (χ4n) is 1.45. The standard InChI is InChI=1S/C10H10N2O3/c1-6-3-4-12-8(5-6)11-7(2)9(12)15-10(13)14/h3-5H,1-2H3,(H,13,14). The smallest absolute Gasteiger partial charge is 0.449 e. The van der Waals surface area contributed by atoms with Crippen LogP contribution >= 0.6 is 0 Å². The second-order valence-electron chi connectivity index (χ2n) is 3.30. The number of ether oxygens (including phenoxy) is 1. The number of fused-ring (bicyclic) bond motifs is 1. The summed E-state index contributed by atoms with van der Waals surface area (Å²) < 4.78 is 6.26. The Balaban J connectivity index is 2.63. The number of nitrogens with zero attached hydrogens (tertiary/aromatic N) is 2. The highest BCUT2D eigenvalue weighted by Gasteiger charge is 2.12. The van der Waals surface area contributed by atoms with Gasteiger partial charge in [0.05, 0.1) is 0 Å². The summed E-state index contributed by atoms with van der Waals surface area (Å²) in [4.78, 5) is 14.7. The van der Waals surface area contributed by atoms with Gasteiger partial charge in [0.15, 0.2) is 0 Å². The number of rotatable bonds is 1. The van der Waals surface area contributed by atoms with Gasteiger partial charge in [0.2, 0.25) is 5.88 Å². The van der Waals surface area contributed by atoms with E-state index in [2.05, 4.69) is 9.72 Å². The third-order valence-corrected chi connectivity index (χ3v) is 2.08. The number of carbonyl (C=O) groups is 1. The fourth-order valence-corrected chi connectivity index (χ4v) is 1.45. The average Bonchev–Trinajstić information content (AvgIpc) is 2.41. The molecule has 0 spiro atoms. The van der Waals surface area contributed by atoms with Crippen LogP contribution in [0.3, 0.4) is 0 Å². The molecule has 5 heteroatoms. The van der Waals surface area contributed by atoms with Gasteiger partial charge in [-0.1, -0.05) is 0 Å². The van der Waals surface area contributed by atoms with E-state index in [1.165, 1.54) is 0 Å². The Morgan fingerprint density at radius 1 is 1.53 bits per heavy atom. The molecule has 0 fully saturated rings. The van der Waals surface area contributed by atoms with Crippen LogP contribution in [0.4, 0.5) is 4.79 Å². The van der Waals surface area contributed by atoms with Gasteiger partial charge >= 0.3 is 6.16 Å². The Morgan fingerprint density at radius 3 is 2.93 bits per heavy atom. The minimum absolute atomic E-state index is 0.248. The zero-order valence-electron chi connectivity index (χ0n) is 8.39. The van der Waals surface area contributed by atoms with E-state index in [1.807, 2.05) is 19.1 Å². The predicted molar refractivity (Wildman–Crippen MR) is 53.3 cm³/mol. The molecule has 2 rings (SSSR count). The molecule has 0 aliphatic carbocycles. The number of hydrogen-bond acceptors (Lipinski definition) is 3. The summed E-state index contributed by atoms with van der Waals surface area (Å²) in [5, 5.41) is 8.56. The first-order valence-corrected chi connectivity index (χ1v) is 4.44. The number of pyridine rings is 1. The maximum atomic E-state index is 10.5. The van der Waals surface area contributed by atoms with Crippen molar-refractivity contribution in [2.45, 2.75) is 13.8 Å². The van der Waals surface area contributed by atoms with E-state index in [0.29, 0.717) is 11.3 Å². The van der Waals surface area contributed by atoms with Gasteiger partial charge in [-0.05, 0) is 31.5 Å². The molecule has 0 aromatic carbocycles. The van der Waals surface area contributed by atoms with Gasteiger partial charge in [-0.25, -0.2) is 9.78 Å². The minimum Gasteiger partial charge on any atom is -0.449 e. The van der Waals surface area contributed by atoms with Gasteiger partial charge in [-0.2, -0.15) is 0 Å². The van der Waals surface area contributed by atoms with Gasteiger partial charge in [0.25, 0.3) is 0 Å². The number of carboxylic acid groups (broad SMARTS) is 1. The molecule has 2 aromatic heterocycles. The first-order chi connectivity index (χ1) is 7.08. The summed E-state index contributed by atoms with van der Waals surface area (Å²) >= 11 is 0. The monoisotopic (exact) mass is 206 g/mol. The largest absolute Gasteiger partial charge is 0.512 e. The fraction of sp³-hybridized carbons (Fsp3) is 0.200. The van der Waals surface area contributed by atoms with Crippen molar-refractivity contribution in [3.63, 3.8) is 0 Å². The van der Waals surface area contributed by atoms with Crippen LogP contribution in [-0.2, 0) is 0 Å². The molecule has 2 aromatic rings. The van der Waals surface area contributed by atoms with Crippen LogP contribution in [-0.4, -0.2) is 20.6 Å². The summed E-state index contributed by atoms with van der Waals surface area (Å²) in [5.74, 6) is 0.248. The lowest BCUT2D eigenvalue weighted by Gasteiger charge is -2.00. The van der Waals surface area contributed by atoms with Crippen LogP contribution in [0.2, 0.25) is 0 Å². The number of imidazole rings is 1. The minimum atomic E-state index is -1.33. The van der Waals surface area contributed by atoms with Crippen molar-refractivity contribution in [1.29, 1.82) is 0 Å². The Morgan fingerprint density at radius 2 is 2.27 bits per heavy atom. The lowest BCUT2D eigenvalue weighted by molar-refractivity contribution is 0.142. The van der Waals surface area contributed by atoms with Crippen molar-refractivity contribution in [3.05, 3.63) is 29.6 Å². The zero-order valence-corrected chi connectivity index (χ0v) is 8.39. The molecule has 0 bridgehead atoms. The lowest BCUT2D eigenvalue weighted by atomic mass is 10.3. The summed E-state index contributed by atoms with van der Waals surface area (Å²) in [5.41, 5.74) is 2.31. The molecular formula is C10H10N2O3. The molecule has 1 N–H and O–H groups in total. The summed E-state index contributed by atoms with van der Waals surface area (Å²) in [7, 11) is 0. The van der Waals surface area contributed by atoms with E-state index in [9.17, 15) is 4.79 Å². The molecule has 2 heterocycles. The average molecular weight is 206 g/mol. The highest BCUT2D eigenvalue weighted by atomic mass is 16.7. The van der Waals surface area contributed by atoms with Gasteiger partial charge in [0.1, 0.15) is 11.3 Å².